The zero-order valence-electron chi connectivity index (χ0n) is 10.0. The van der Waals surface area contributed by atoms with Crippen LogP contribution in [0.1, 0.15) is 32.3 Å². The smallest absolute Gasteiger partial charge is 0.151 e. The summed E-state index contributed by atoms with van der Waals surface area (Å²) in [7, 11) is 0. The largest absolute Gasteiger partial charge is 0.396 e. The Bertz CT molecular complexity index is 328. The van der Waals surface area contributed by atoms with Gasteiger partial charge in [0.25, 0.3) is 0 Å². The Morgan fingerprint density at radius 1 is 1.44 bits per heavy atom. The topological polar surface area (TPSA) is 35.2 Å². The van der Waals surface area contributed by atoms with Crippen molar-refractivity contribution in [2.45, 2.75) is 33.3 Å². The first-order valence-corrected chi connectivity index (χ1v) is 5.75. The summed E-state index contributed by atoms with van der Waals surface area (Å²) in [5.41, 5.74) is 6.18. The van der Waals surface area contributed by atoms with Gasteiger partial charge in [0.05, 0.1) is 12.3 Å². The van der Waals surface area contributed by atoms with Gasteiger partial charge in [0.2, 0.25) is 0 Å². The van der Waals surface area contributed by atoms with Gasteiger partial charge in [0, 0.05) is 12.2 Å². The number of anilines is 1. The molecule has 2 N–H and O–H groups in total. The Hall–Kier alpha value is -1.09. The number of nitrogens with two attached hydrogens (primary N) is 1. The van der Waals surface area contributed by atoms with Crippen molar-refractivity contribution in [1.82, 2.24) is 0 Å². The molecule has 0 radical (unpaired) electrons. The van der Waals surface area contributed by atoms with E-state index in [1.54, 1.807) is 18.2 Å². The molecule has 0 fully saturated rings. The lowest BCUT2D eigenvalue weighted by Gasteiger charge is -2.11. The zero-order chi connectivity index (χ0) is 12.0. The van der Waals surface area contributed by atoms with Crippen LogP contribution in [0.15, 0.2) is 18.2 Å². The summed E-state index contributed by atoms with van der Waals surface area (Å²) in [5.74, 6) is 0.166. The SMILES string of the molecule is CCCC(C)COCc1cccc(N)c1F. The Balaban J connectivity index is 2.40. The van der Waals surface area contributed by atoms with Crippen molar-refractivity contribution < 1.29 is 9.13 Å². The van der Waals surface area contributed by atoms with E-state index in [-0.39, 0.29) is 11.5 Å². The van der Waals surface area contributed by atoms with Crippen molar-refractivity contribution in [2.24, 2.45) is 5.92 Å². The number of hydrogen-bond acceptors (Lipinski definition) is 2. The molecule has 1 rings (SSSR count). The molecule has 2 nitrogen and oxygen atoms in total. The van der Waals surface area contributed by atoms with Crippen LogP contribution in [-0.4, -0.2) is 6.61 Å². The Morgan fingerprint density at radius 3 is 2.88 bits per heavy atom. The lowest BCUT2D eigenvalue weighted by Crippen LogP contribution is -2.07. The summed E-state index contributed by atoms with van der Waals surface area (Å²) in [5, 5.41) is 0. The van der Waals surface area contributed by atoms with E-state index in [1.807, 2.05) is 0 Å². The van der Waals surface area contributed by atoms with E-state index >= 15 is 0 Å². The van der Waals surface area contributed by atoms with Gasteiger partial charge in [0.15, 0.2) is 5.82 Å². The second kappa shape index (κ2) is 6.48. The van der Waals surface area contributed by atoms with Crippen molar-refractivity contribution in [3.8, 4) is 0 Å². The number of ether oxygens (including phenoxy) is 1. The average molecular weight is 225 g/mol. The van der Waals surface area contributed by atoms with E-state index in [0.29, 0.717) is 24.7 Å². The van der Waals surface area contributed by atoms with E-state index in [9.17, 15) is 4.39 Å². The lowest BCUT2D eigenvalue weighted by atomic mass is 10.1. The number of halogens is 1. The van der Waals surface area contributed by atoms with Crippen molar-refractivity contribution in [3.63, 3.8) is 0 Å². The monoisotopic (exact) mass is 225 g/mol. The maximum atomic E-state index is 13.5. The molecule has 0 aliphatic rings. The van der Waals surface area contributed by atoms with Crippen molar-refractivity contribution in [1.29, 1.82) is 0 Å². The van der Waals surface area contributed by atoms with Crippen LogP contribution in [0.5, 0.6) is 0 Å². The standard InChI is InChI=1S/C13H20FNO/c1-3-5-10(2)8-16-9-11-6-4-7-12(15)13(11)14/h4,6-7,10H,3,5,8-9,15H2,1-2H3. The molecular formula is C13H20FNO. The van der Waals surface area contributed by atoms with Gasteiger partial charge in [-0.15, -0.1) is 0 Å². The molecule has 1 unspecified atom stereocenters. The third kappa shape index (κ3) is 3.81. The molecule has 0 heterocycles. The average Bonchev–Trinajstić information content (AvgIpc) is 2.25. The molecule has 0 aromatic heterocycles. The number of benzene rings is 1. The van der Waals surface area contributed by atoms with Gasteiger partial charge in [-0.1, -0.05) is 32.4 Å². The minimum atomic E-state index is -0.356. The fraction of sp³-hybridized carbons (Fsp3) is 0.538. The first-order chi connectivity index (χ1) is 7.65. The van der Waals surface area contributed by atoms with Crippen molar-refractivity contribution in [2.75, 3.05) is 12.3 Å². The van der Waals surface area contributed by atoms with Crippen LogP contribution in [0.3, 0.4) is 0 Å². The molecule has 3 heteroatoms. The minimum Gasteiger partial charge on any atom is -0.396 e. The van der Waals surface area contributed by atoms with Crippen molar-refractivity contribution in [3.05, 3.63) is 29.6 Å². The van der Waals surface area contributed by atoms with Crippen LogP contribution in [0, 0.1) is 11.7 Å². The lowest BCUT2D eigenvalue weighted by molar-refractivity contribution is 0.0875. The first-order valence-electron chi connectivity index (χ1n) is 5.75. The Morgan fingerprint density at radius 2 is 2.19 bits per heavy atom. The summed E-state index contributed by atoms with van der Waals surface area (Å²) in [6.07, 6.45) is 2.29. The Labute approximate surface area is 96.6 Å². The molecule has 1 atom stereocenters. The fourth-order valence-corrected chi connectivity index (χ4v) is 1.66. The van der Waals surface area contributed by atoms with Crippen LogP contribution < -0.4 is 5.73 Å². The van der Waals surface area contributed by atoms with Crippen LogP contribution in [-0.2, 0) is 11.3 Å². The molecule has 16 heavy (non-hydrogen) atoms. The number of hydrogen-bond donors (Lipinski definition) is 1. The maximum absolute atomic E-state index is 13.5. The molecule has 0 saturated heterocycles. The third-order valence-electron chi connectivity index (χ3n) is 2.55. The highest BCUT2D eigenvalue weighted by molar-refractivity contribution is 5.42. The minimum absolute atomic E-state index is 0.183. The summed E-state index contributed by atoms with van der Waals surface area (Å²) in [4.78, 5) is 0. The molecule has 1 aromatic carbocycles. The molecule has 90 valence electrons. The predicted molar refractivity (Wildman–Crippen MR) is 64.5 cm³/mol. The van der Waals surface area contributed by atoms with Gasteiger partial charge in [-0.3, -0.25) is 0 Å². The quantitative estimate of drug-likeness (QED) is 0.753. The van der Waals surface area contributed by atoms with Crippen LogP contribution >= 0.6 is 0 Å². The molecule has 1 aromatic rings. The highest BCUT2D eigenvalue weighted by atomic mass is 19.1. The van der Waals surface area contributed by atoms with E-state index in [1.165, 1.54) is 0 Å². The summed E-state index contributed by atoms with van der Waals surface area (Å²) in [6, 6.07) is 5.00. The van der Waals surface area contributed by atoms with Gasteiger partial charge in [0.1, 0.15) is 0 Å². The molecule has 0 aliphatic carbocycles. The van der Waals surface area contributed by atoms with Crippen LogP contribution in [0.4, 0.5) is 10.1 Å². The second-order valence-electron chi connectivity index (χ2n) is 4.23. The molecule has 0 saturated carbocycles. The summed E-state index contributed by atoms with van der Waals surface area (Å²) in [6.45, 7) is 5.25. The van der Waals surface area contributed by atoms with Crippen LogP contribution in [0.2, 0.25) is 0 Å². The molecule has 0 spiro atoms. The molecule has 0 aliphatic heterocycles. The highest BCUT2D eigenvalue weighted by Gasteiger charge is 2.06. The fourth-order valence-electron chi connectivity index (χ4n) is 1.66. The molecular weight excluding hydrogens is 205 g/mol. The first kappa shape index (κ1) is 13.0. The molecule has 0 amide bonds. The van der Waals surface area contributed by atoms with Gasteiger partial charge < -0.3 is 10.5 Å². The van der Waals surface area contributed by atoms with E-state index in [4.69, 9.17) is 10.5 Å². The van der Waals surface area contributed by atoms with Gasteiger partial charge in [-0.05, 0) is 18.4 Å². The van der Waals surface area contributed by atoms with Crippen LogP contribution in [0.25, 0.3) is 0 Å². The normalized spacial score (nSPS) is 12.7. The van der Waals surface area contributed by atoms with E-state index < -0.39 is 0 Å². The summed E-state index contributed by atoms with van der Waals surface area (Å²) >= 11 is 0. The van der Waals surface area contributed by atoms with E-state index in [0.717, 1.165) is 12.8 Å². The van der Waals surface area contributed by atoms with Gasteiger partial charge in [-0.25, -0.2) is 4.39 Å². The predicted octanol–water partition coefficient (Wildman–Crippen LogP) is 3.36. The second-order valence-corrected chi connectivity index (χ2v) is 4.23. The van der Waals surface area contributed by atoms with Gasteiger partial charge in [-0.2, -0.15) is 0 Å². The number of nitrogen functional groups attached to an aromatic ring is 1. The maximum Gasteiger partial charge on any atom is 0.151 e. The van der Waals surface area contributed by atoms with Crippen molar-refractivity contribution >= 4 is 5.69 Å². The van der Waals surface area contributed by atoms with Gasteiger partial charge >= 0.3 is 0 Å². The molecule has 0 bridgehead atoms. The zero-order valence-corrected chi connectivity index (χ0v) is 10.0. The van der Waals surface area contributed by atoms with E-state index in [2.05, 4.69) is 13.8 Å². The third-order valence-corrected chi connectivity index (χ3v) is 2.55. The number of rotatable bonds is 6. The highest BCUT2D eigenvalue weighted by Crippen LogP contribution is 2.16. The Kier molecular flexibility index (Phi) is 5.26. The summed E-state index contributed by atoms with van der Waals surface area (Å²) < 4.78 is 18.9.